The molecule has 1 N–H and O–H groups in total. The molecule has 104 valence electrons. The van der Waals surface area contributed by atoms with E-state index in [0.29, 0.717) is 15.9 Å². The molecule has 0 saturated heterocycles. The summed E-state index contributed by atoms with van der Waals surface area (Å²) in [4.78, 5) is 18.1. The second-order valence-electron chi connectivity index (χ2n) is 4.35. The van der Waals surface area contributed by atoms with Gasteiger partial charge in [0.1, 0.15) is 11.6 Å². The number of benzene rings is 1. The Kier molecular flexibility index (Phi) is 4.34. The molecule has 6 heteroatoms. The summed E-state index contributed by atoms with van der Waals surface area (Å²) >= 11 is 3.17. The number of hydrogen-bond acceptors (Lipinski definition) is 3. The van der Waals surface area contributed by atoms with Gasteiger partial charge in [-0.1, -0.05) is 15.9 Å². The Labute approximate surface area is 124 Å². The van der Waals surface area contributed by atoms with Gasteiger partial charge in [-0.05, 0) is 30.3 Å². The first kappa shape index (κ1) is 14.5. The van der Waals surface area contributed by atoms with Crippen LogP contribution in [0.4, 0.5) is 15.9 Å². The van der Waals surface area contributed by atoms with E-state index < -0.39 is 11.7 Å². The quantitative estimate of drug-likeness (QED) is 0.934. The highest BCUT2D eigenvalue weighted by Crippen LogP contribution is 2.21. The first-order valence-electron chi connectivity index (χ1n) is 5.88. The Morgan fingerprint density at radius 2 is 2.10 bits per heavy atom. The third kappa shape index (κ3) is 3.14. The molecule has 0 bridgehead atoms. The predicted molar refractivity (Wildman–Crippen MR) is 80.6 cm³/mol. The molecule has 0 aliphatic rings. The summed E-state index contributed by atoms with van der Waals surface area (Å²) in [5.74, 6) is -0.367. The molecule has 0 saturated carbocycles. The molecule has 0 atom stereocenters. The highest BCUT2D eigenvalue weighted by atomic mass is 79.9. The third-order valence-corrected chi connectivity index (χ3v) is 3.13. The van der Waals surface area contributed by atoms with Crippen LogP contribution >= 0.6 is 15.9 Å². The Hall–Kier alpha value is -1.95. The highest BCUT2D eigenvalue weighted by molar-refractivity contribution is 9.10. The molecule has 20 heavy (non-hydrogen) atoms. The van der Waals surface area contributed by atoms with E-state index in [1.807, 2.05) is 0 Å². The van der Waals surface area contributed by atoms with Gasteiger partial charge in [-0.25, -0.2) is 9.37 Å². The molecule has 0 unspecified atom stereocenters. The average Bonchev–Trinajstić information content (AvgIpc) is 2.41. The van der Waals surface area contributed by atoms with Crippen molar-refractivity contribution >= 4 is 33.3 Å². The molecule has 1 aromatic heterocycles. The number of pyridine rings is 1. The second kappa shape index (κ2) is 6.00. The zero-order chi connectivity index (χ0) is 14.7. The maximum atomic E-state index is 13.7. The molecule has 0 aliphatic carbocycles. The van der Waals surface area contributed by atoms with Crippen molar-refractivity contribution < 1.29 is 9.18 Å². The van der Waals surface area contributed by atoms with Gasteiger partial charge in [0.15, 0.2) is 0 Å². The summed E-state index contributed by atoms with van der Waals surface area (Å²) in [5.41, 5.74) is 0.520. The summed E-state index contributed by atoms with van der Waals surface area (Å²) < 4.78 is 14.3. The number of carbonyl (C=O) groups excluding carboxylic acids is 1. The summed E-state index contributed by atoms with van der Waals surface area (Å²) in [6, 6.07) is 7.78. The van der Waals surface area contributed by atoms with Gasteiger partial charge >= 0.3 is 0 Å². The standard InChI is InChI=1S/C14H13BrFN3O/c1-19(2)13-10(4-3-7-17-13)14(20)18-12-6-5-9(15)8-11(12)16/h3-8H,1-2H3,(H,18,20). The third-order valence-electron chi connectivity index (χ3n) is 2.63. The summed E-state index contributed by atoms with van der Waals surface area (Å²) in [6.45, 7) is 0. The maximum absolute atomic E-state index is 13.7. The predicted octanol–water partition coefficient (Wildman–Crippen LogP) is 3.30. The van der Waals surface area contributed by atoms with Crippen LogP contribution in [0.2, 0.25) is 0 Å². The number of amides is 1. The number of halogens is 2. The van der Waals surface area contributed by atoms with Crippen LogP contribution in [0.25, 0.3) is 0 Å². The number of nitrogens with zero attached hydrogens (tertiary/aromatic N) is 2. The van der Waals surface area contributed by atoms with Gasteiger partial charge in [0.05, 0.1) is 11.3 Å². The van der Waals surface area contributed by atoms with Crippen molar-refractivity contribution in [3.8, 4) is 0 Å². The molecule has 1 amide bonds. The van der Waals surface area contributed by atoms with Crippen LogP contribution in [-0.4, -0.2) is 25.0 Å². The Morgan fingerprint density at radius 3 is 2.75 bits per heavy atom. The average molecular weight is 338 g/mol. The molecule has 2 rings (SSSR count). The summed E-state index contributed by atoms with van der Waals surface area (Å²) in [6.07, 6.45) is 1.60. The largest absolute Gasteiger partial charge is 0.362 e. The fourth-order valence-corrected chi connectivity index (χ4v) is 2.04. The Bertz CT molecular complexity index is 646. The van der Waals surface area contributed by atoms with E-state index in [1.165, 1.54) is 12.1 Å². The first-order chi connectivity index (χ1) is 9.49. The minimum Gasteiger partial charge on any atom is -0.362 e. The van der Waals surface area contributed by atoms with Crippen LogP contribution in [-0.2, 0) is 0 Å². The monoisotopic (exact) mass is 337 g/mol. The van der Waals surface area contributed by atoms with Crippen LogP contribution in [0.1, 0.15) is 10.4 Å². The van der Waals surface area contributed by atoms with Crippen molar-refractivity contribution in [3.05, 3.63) is 52.4 Å². The van der Waals surface area contributed by atoms with Gasteiger partial charge in [0.25, 0.3) is 5.91 Å². The number of hydrogen-bond donors (Lipinski definition) is 1. The molecule has 1 heterocycles. The molecule has 1 aromatic carbocycles. The summed E-state index contributed by atoms with van der Waals surface area (Å²) in [5, 5.41) is 2.55. The lowest BCUT2D eigenvalue weighted by molar-refractivity contribution is 0.102. The van der Waals surface area contributed by atoms with Crippen molar-refractivity contribution in [2.24, 2.45) is 0 Å². The van der Waals surface area contributed by atoms with Gasteiger partial charge in [-0.15, -0.1) is 0 Å². The first-order valence-corrected chi connectivity index (χ1v) is 6.67. The Morgan fingerprint density at radius 1 is 1.35 bits per heavy atom. The molecular weight excluding hydrogens is 325 g/mol. The molecular formula is C14H13BrFN3O. The van der Waals surface area contributed by atoms with E-state index in [2.05, 4.69) is 26.2 Å². The van der Waals surface area contributed by atoms with Crippen molar-refractivity contribution in [1.82, 2.24) is 4.98 Å². The topological polar surface area (TPSA) is 45.2 Å². The van der Waals surface area contributed by atoms with Crippen molar-refractivity contribution in [3.63, 3.8) is 0 Å². The van der Waals surface area contributed by atoms with Crippen molar-refractivity contribution in [2.45, 2.75) is 0 Å². The fraction of sp³-hybridized carbons (Fsp3) is 0.143. The minimum atomic E-state index is -0.497. The van der Waals surface area contributed by atoms with Gasteiger partial charge < -0.3 is 10.2 Å². The number of nitrogens with one attached hydrogen (secondary N) is 1. The zero-order valence-electron chi connectivity index (χ0n) is 11.0. The molecule has 0 aliphatic heterocycles. The van der Waals surface area contributed by atoms with E-state index >= 15 is 0 Å². The lowest BCUT2D eigenvalue weighted by atomic mass is 10.2. The second-order valence-corrected chi connectivity index (χ2v) is 5.26. The molecule has 0 fully saturated rings. The molecule has 2 aromatic rings. The minimum absolute atomic E-state index is 0.131. The number of aromatic nitrogens is 1. The van der Waals surface area contributed by atoms with E-state index in [0.717, 1.165) is 0 Å². The smallest absolute Gasteiger partial charge is 0.259 e. The molecule has 4 nitrogen and oxygen atoms in total. The van der Waals surface area contributed by atoms with Gasteiger partial charge in [0, 0.05) is 24.8 Å². The van der Waals surface area contributed by atoms with Gasteiger partial charge in [-0.3, -0.25) is 4.79 Å². The number of anilines is 2. The molecule has 0 spiro atoms. The van der Waals surface area contributed by atoms with Gasteiger partial charge in [-0.2, -0.15) is 0 Å². The van der Waals surface area contributed by atoms with Crippen LogP contribution in [0.15, 0.2) is 41.0 Å². The van der Waals surface area contributed by atoms with Crippen LogP contribution < -0.4 is 10.2 Å². The lowest BCUT2D eigenvalue weighted by Gasteiger charge is -2.15. The number of carbonyl (C=O) groups is 1. The van der Waals surface area contributed by atoms with Gasteiger partial charge in [0.2, 0.25) is 0 Å². The van der Waals surface area contributed by atoms with Crippen molar-refractivity contribution in [1.29, 1.82) is 0 Å². The van der Waals surface area contributed by atoms with Crippen LogP contribution in [0.3, 0.4) is 0 Å². The van der Waals surface area contributed by atoms with E-state index in [9.17, 15) is 9.18 Å². The lowest BCUT2D eigenvalue weighted by Crippen LogP contribution is -2.20. The maximum Gasteiger partial charge on any atom is 0.259 e. The SMILES string of the molecule is CN(C)c1ncccc1C(=O)Nc1ccc(Br)cc1F. The highest BCUT2D eigenvalue weighted by Gasteiger charge is 2.15. The van der Waals surface area contributed by atoms with E-state index in [-0.39, 0.29) is 5.69 Å². The Balaban J connectivity index is 2.29. The van der Waals surface area contributed by atoms with Crippen LogP contribution in [0.5, 0.6) is 0 Å². The number of rotatable bonds is 3. The van der Waals surface area contributed by atoms with Crippen molar-refractivity contribution in [2.75, 3.05) is 24.3 Å². The summed E-state index contributed by atoms with van der Waals surface area (Å²) in [7, 11) is 3.58. The molecule has 0 radical (unpaired) electrons. The van der Waals surface area contributed by atoms with E-state index in [4.69, 9.17) is 0 Å². The zero-order valence-corrected chi connectivity index (χ0v) is 12.6. The van der Waals surface area contributed by atoms with Crippen LogP contribution in [0, 0.1) is 5.82 Å². The normalized spacial score (nSPS) is 10.2. The fourth-order valence-electron chi connectivity index (χ4n) is 1.71. The van der Waals surface area contributed by atoms with E-state index in [1.54, 1.807) is 43.4 Å².